The average Bonchev–Trinajstić information content (AvgIpc) is 2.29. The Hall–Kier alpha value is -0.630. The molecule has 1 amide bonds. The number of methoxy groups -OCH3 is 1. The maximum absolute atomic E-state index is 12.3. The van der Waals surface area contributed by atoms with Gasteiger partial charge >= 0.3 is 0 Å². The lowest BCUT2D eigenvalue weighted by Crippen LogP contribution is -2.46. The molecule has 0 aliphatic heterocycles. The first-order valence-corrected chi connectivity index (χ1v) is 9.14. The van der Waals surface area contributed by atoms with E-state index < -0.39 is 20.5 Å². The number of halogens is 2. The van der Waals surface area contributed by atoms with E-state index in [2.05, 4.69) is 21.2 Å². The van der Waals surface area contributed by atoms with E-state index in [1.807, 2.05) is 0 Å². The fourth-order valence-corrected chi connectivity index (χ4v) is 3.63. The maximum Gasteiger partial charge on any atom is 0.261 e. The van der Waals surface area contributed by atoms with Gasteiger partial charge in [0.1, 0.15) is 0 Å². The van der Waals surface area contributed by atoms with Crippen molar-refractivity contribution in [1.29, 1.82) is 0 Å². The summed E-state index contributed by atoms with van der Waals surface area (Å²) in [5, 5.41) is 2.78. The van der Waals surface area contributed by atoms with E-state index in [-0.39, 0.29) is 10.5 Å². The van der Waals surface area contributed by atoms with Crippen molar-refractivity contribution in [3.63, 3.8) is 0 Å². The molecule has 5 nitrogen and oxygen atoms in total. The molecule has 0 unspecified atom stereocenters. The van der Waals surface area contributed by atoms with E-state index >= 15 is 0 Å². The lowest BCUT2D eigenvalue weighted by molar-refractivity contribution is 0.0819. The molecule has 0 aliphatic carbocycles. The third kappa shape index (κ3) is 4.95. The monoisotopic (exact) mass is 397 g/mol. The number of carbonyl (C=O) groups excluding carboxylic acids is 1. The fraction of sp³-hybridized carbons (Fsp3) is 0.462. The highest BCUT2D eigenvalue weighted by Gasteiger charge is 2.24. The van der Waals surface area contributed by atoms with Gasteiger partial charge in [-0.15, -0.1) is 0 Å². The van der Waals surface area contributed by atoms with Crippen LogP contribution < -0.4 is 5.32 Å². The second-order valence-electron chi connectivity index (χ2n) is 5.29. The van der Waals surface area contributed by atoms with Crippen molar-refractivity contribution < 1.29 is 17.9 Å². The van der Waals surface area contributed by atoms with Gasteiger partial charge in [-0.1, -0.05) is 15.9 Å². The number of carbonyl (C=O) groups is 1. The van der Waals surface area contributed by atoms with E-state index in [0.717, 1.165) is 0 Å². The third-order valence-electron chi connectivity index (χ3n) is 2.78. The molecule has 0 atom stereocenters. The number of amides is 1. The van der Waals surface area contributed by atoms with Crippen LogP contribution in [0.4, 0.5) is 0 Å². The van der Waals surface area contributed by atoms with E-state index in [4.69, 9.17) is 15.4 Å². The van der Waals surface area contributed by atoms with E-state index in [9.17, 15) is 13.2 Å². The summed E-state index contributed by atoms with van der Waals surface area (Å²) in [6.07, 6.45) is 0. The van der Waals surface area contributed by atoms with Gasteiger partial charge in [0.2, 0.25) is 0 Å². The summed E-state index contributed by atoms with van der Waals surface area (Å²) >= 11 is 3.24. The van der Waals surface area contributed by atoms with Gasteiger partial charge in [0.15, 0.2) is 0 Å². The van der Waals surface area contributed by atoms with Crippen molar-refractivity contribution in [2.24, 2.45) is 0 Å². The molecule has 1 aromatic carbocycles. The molecule has 0 saturated heterocycles. The molecule has 0 aliphatic rings. The molecule has 0 aromatic heterocycles. The second-order valence-corrected chi connectivity index (χ2v) is 8.68. The first kappa shape index (κ1) is 18.4. The van der Waals surface area contributed by atoms with Crippen LogP contribution in [0.2, 0.25) is 0 Å². The van der Waals surface area contributed by atoms with Crippen LogP contribution in [0.25, 0.3) is 0 Å². The molecule has 0 bridgehead atoms. The zero-order valence-corrected chi connectivity index (χ0v) is 15.3. The molecule has 1 N–H and O–H groups in total. The van der Waals surface area contributed by atoms with Crippen molar-refractivity contribution >= 4 is 41.6 Å². The molecule has 0 radical (unpaired) electrons. The zero-order valence-electron chi connectivity index (χ0n) is 12.2. The van der Waals surface area contributed by atoms with Crippen LogP contribution in [0.1, 0.15) is 29.8 Å². The Morgan fingerprint density at radius 3 is 2.48 bits per heavy atom. The Labute approximate surface area is 137 Å². The minimum Gasteiger partial charge on any atom is -0.382 e. The fourth-order valence-electron chi connectivity index (χ4n) is 1.81. The predicted molar refractivity (Wildman–Crippen MR) is 85.3 cm³/mol. The lowest BCUT2D eigenvalue weighted by Gasteiger charge is -2.25. The summed E-state index contributed by atoms with van der Waals surface area (Å²) in [5.41, 5.74) is 0.0806. The molecular weight excluding hydrogens is 382 g/mol. The quantitative estimate of drug-likeness (QED) is 0.774. The van der Waals surface area contributed by atoms with Crippen molar-refractivity contribution in [2.75, 3.05) is 13.7 Å². The molecule has 8 heteroatoms. The van der Waals surface area contributed by atoms with Crippen LogP contribution in [-0.4, -0.2) is 33.6 Å². The Morgan fingerprint density at radius 1 is 1.43 bits per heavy atom. The standard InChI is InChI=1S/C13H17BrClNO4S/c1-8-10(14)5-9(6-11(8)21(15,18)19)12(17)16-13(2,3)7-20-4/h5-6H,7H2,1-4H3,(H,16,17). The van der Waals surface area contributed by atoms with Gasteiger partial charge in [-0.3, -0.25) is 4.79 Å². The van der Waals surface area contributed by atoms with Crippen LogP contribution >= 0.6 is 26.6 Å². The highest BCUT2D eigenvalue weighted by atomic mass is 79.9. The summed E-state index contributed by atoms with van der Waals surface area (Å²) < 4.78 is 28.6. The van der Waals surface area contributed by atoms with Crippen molar-refractivity contribution in [3.05, 3.63) is 27.7 Å². The SMILES string of the molecule is COCC(C)(C)NC(=O)c1cc(Br)c(C)c(S(=O)(=O)Cl)c1. The number of hydrogen-bond acceptors (Lipinski definition) is 4. The van der Waals surface area contributed by atoms with Crippen LogP contribution in [0.3, 0.4) is 0 Å². The summed E-state index contributed by atoms with van der Waals surface area (Å²) in [6.45, 7) is 5.54. The molecule has 0 spiro atoms. The van der Waals surface area contributed by atoms with Crippen molar-refractivity contribution in [2.45, 2.75) is 31.2 Å². The van der Waals surface area contributed by atoms with Gasteiger partial charge < -0.3 is 10.1 Å². The van der Waals surface area contributed by atoms with Gasteiger partial charge in [0, 0.05) is 27.8 Å². The van der Waals surface area contributed by atoms with Crippen molar-refractivity contribution in [3.8, 4) is 0 Å². The molecular formula is C13H17BrClNO4S. The van der Waals surface area contributed by atoms with E-state index in [1.165, 1.54) is 13.2 Å². The minimum absolute atomic E-state index is 0.0896. The van der Waals surface area contributed by atoms with Crippen LogP contribution in [0, 0.1) is 6.92 Å². The van der Waals surface area contributed by atoms with E-state index in [0.29, 0.717) is 16.6 Å². The Kier molecular flexibility index (Phi) is 5.83. The highest BCUT2D eigenvalue weighted by Crippen LogP contribution is 2.28. The summed E-state index contributed by atoms with van der Waals surface area (Å²) in [4.78, 5) is 12.2. The Balaban J connectivity index is 3.21. The normalized spacial score (nSPS) is 12.3. The smallest absolute Gasteiger partial charge is 0.261 e. The third-order valence-corrected chi connectivity index (χ3v) is 5.05. The molecule has 0 heterocycles. The van der Waals surface area contributed by atoms with Crippen LogP contribution in [0.15, 0.2) is 21.5 Å². The maximum atomic E-state index is 12.3. The predicted octanol–water partition coefficient (Wildman–Crippen LogP) is 2.84. The number of nitrogens with one attached hydrogen (secondary N) is 1. The van der Waals surface area contributed by atoms with Gasteiger partial charge in [-0.05, 0) is 38.5 Å². The number of hydrogen-bond donors (Lipinski definition) is 1. The topological polar surface area (TPSA) is 72.5 Å². The zero-order chi connectivity index (χ0) is 16.4. The molecule has 1 rings (SSSR count). The molecule has 21 heavy (non-hydrogen) atoms. The largest absolute Gasteiger partial charge is 0.382 e. The molecule has 0 saturated carbocycles. The summed E-state index contributed by atoms with van der Waals surface area (Å²) in [6, 6.07) is 2.82. The van der Waals surface area contributed by atoms with Gasteiger partial charge in [0.05, 0.1) is 17.0 Å². The summed E-state index contributed by atoms with van der Waals surface area (Å²) in [7, 11) is 3.00. The molecule has 1 aromatic rings. The summed E-state index contributed by atoms with van der Waals surface area (Å²) in [5.74, 6) is -0.403. The number of benzene rings is 1. The number of rotatable bonds is 5. The minimum atomic E-state index is -3.93. The highest BCUT2D eigenvalue weighted by molar-refractivity contribution is 9.10. The van der Waals surface area contributed by atoms with Gasteiger partial charge in [0.25, 0.3) is 15.0 Å². The van der Waals surface area contributed by atoms with E-state index in [1.54, 1.807) is 26.8 Å². The average molecular weight is 399 g/mol. The van der Waals surface area contributed by atoms with Gasteiger partial charge in [-0.2, -0.15) is 0 Å². The number of ether oxygens (including phenoxy) is 1. The molecule has 0 fully saturated rings. The Bertz CT molecular complexity index is 658. The second kappa shape index (κ2) is 6.64. The first-order chi connectivity index (χ1) is 9.48. The van der Waals surface area contributed by atoms with Crippen molar-refractivity contribution in [1.82, 2.24) is 5.32 Å². The van der Waals surface area contributed by atoms with Crippen LogP contribution in [-0.2, 0) is 13.8 Å². The Morgan fingerprint density at radius 2 is 2.00 bits per heavy atom. The molecule has 118 valence electrons. The van der Waals surface area contributed by atoms with Crippen LogP contribution in [0.5, 0.6) is 0 Å². The first-order valence-electron chi connectivity index (χ1n) is 6.04. The van der Waals surface area contributed by atoms with Gasteiger partial charge in [-0.25, -0.2) is 8.42 Å². The lowest BCUT2D eigenvalue weighted by atomic mass is 10.1.